The Balaban J connectivity index is 2.67. The predicted molar refractivity (Wildman–Crippen MR) is 85.8 cm³/mol. The Morgan fingerprint density at radius 3 is 2.19 bits per heavy atom. The largest absolute Gasteiger partial charge is 0.349 e. The van der Waals surface area contributed by atoms with Gasteiger partial charge >= 0.3 is 0 Å². The Morgan fingerprint density at radius 2 is 1.71 bits per heavy atom. The smallest absolute Gasteiger partial charge is 0.137 e. The summed E-state index contributed by atoms with van der Waals surface area (Å²) in [6.45, 7) is 9.63. The highest BCUT2D eigenvalue weighted by Crippen LogP contribution is 2.25. The fourth-order valence-corrected chi connectivity index (χ4v) is 2.54. The van der Waals surface area contributed by atoms with Crippen LogP contribution < -0.4 is 0 Å². The number of hydrogen-bond acceptors (Lipinski definition) is 3. The van der Waals surface area contributed by atoms with Gasteiger partial charge in [-0.25, -0.2) is 0 Å². The van der Waals surface area contributed by atoms with Crippen LogP contribution in [0.2, 0.25) is 0 Å². The van der Waals surface area contributed by atoms with Crippen LogP contribution in [0.3, 0.4) is 0 Å². The number of allylic oxidation sites excluding steroid dienone is 6. The molecule has 0 aliphatic carbocycles. The molecule has 0 amide bonds. The molecule has 0 radical (unpaired) electrons. The number of nitriles is 2. The van der Waals surface area contributed by atoms with Crippen molar-refractivity contribution in [1.82, 2.24) is 4.90 Å². The van der Waals surface area contributed by atoms with Crippen LogP contribution in [0.1, 0.15) is 53.4 Å². The van der Waals surface area contributed by atoms with Crippen molar-refractivity contribution >= 4 is 0 Å². The third-order valence-electron chi connectivity index (χ3n) is 4.12. The maximum atomic E-state index is 8.96. The fourth-order valence-electron chi connectivity index (χ4n) is 2.54. The van der Waals surface area contributed by atoms with Crippen molar-refractivity contribution in [2.24, 2.45) is 5.92 Å². The van der Waals surface area contributed by atoms with Gasteiger partial charge < -0.3 is 4.90 Å². The molecular weight excluding hydrogens is 258 g/mol. The van der Waals surface area contributed by atoms with Crippen LogP contribution in [0, 0.1) is 28.6 Å². The van der Waals surface area contributed by atoms with Crippen molar-refractivity contribution in [3.05, 3.63) is 34.7 Å². The average molecular weight is 283 g/mol. The van der Waals surface area contributed by atoms with Crippen LogP contribution in [0.25, 0.3) is 0 Å². The molecule has 1 rings (SSSR count). The van der Waals surface area contributed by atoms with E-state index in [2.05, 4.69) is 18.7 Å². The van der Waals surface area contributed by atoms with Crippen LogP contribution in [0.15, 0.2) is 34.7 Å². The minimum atomic E-state index is 0.185. The molecule has 0 bridgehead atoms. The average Bonchev–Trinajstić information content (AvgIpc) is 2.46. The molecule has 0 unspecified atom stereocenters. The van der Waals surface area contributed by atoms with E-state index in [-0.39, 0.29) is 5.57 Å². The first-order chi connectivity index (χ1) is 10.0. The molecule has 3 nitrogen and oxygen atoms in total. The van der Waals surface area contributed by atoms with Crippen molar-refractivity contribution in [2.45, 2.75) is 53.4 Å². The van der Waals surface area contributed by atoms with Gasteiger partial charge in [-0.3, -0.25) is 0 Å². The second kappa shape index (κ2) is 8.32. The lowest BCUT2D eigenvalue weighted by molar-refractivity contribution is 0.389. The van der Waals surface area contributed by atoms with Crippen molar-refractivity contribution in [3.8, 4) is 12.1 Å². The lowest BCUT2D eigenvalue weighted by Crippen LogP contribution is -2.23. The number of hydrogen-bond donors (Lipinski definition) is 0. The second-order valence-electron chi connectivity index (χ2n) is 5.79. The van der Waals surface area contributed by atoms with Gasteiger partial charge in [-0.15, -0.1) is 0 Å². The normalized spacial score (nSPS) is 15.7. The topological polar surface area (TPSA) is 50.8 Å². The molecule has 1 heterocycles. The van der Waals surface area contributed by atoms with Gasteiger partial charge in [0.2, 0.25) is 0 Å². The first kappa shape index (κ1) is 17.1. The summed E-state index contributed by atoms with van der Waals surface area (Å²) in [6.07, 6.45) is 8.82. The molecule has 3 heteroatoms. The Bertz CT molecular complexity index is 500. The molecule has 0 aromatic carbocycles. The van der Waals surface area contributed by atoms with Crippen LogP contribution in [0.5, 0.6) is 0 Å². The zero-order valence-electron chi connectivity index (χ0n) is 13.6. The third-order valence-corrected chi connectivity index (χ3v) is 4.12. The zero-order valence-corrected chi connectivity index (χ0v) is 13.6. The molecule has 1 aliphatic rings. The highest BCUT2D eigenvalue weighted by molar-refractivity contribution is 5.53. The first-order valence-corrected chi connectivity index (χ1v) is 7.72. The molecular formula is C18H25N3. The third kappa shape index (κ3) is 4.80. The molecule has 0 saturated heterocycles. The summed E-state index contributed by atoms with van der Waals surface area (Å²) < 4.78 is 0. The molecule has 0 aromatic rings. The SMILES string of the molecule is CC[C@@H](C)CCCCN1C(C)=CC(=C(C#N)C#N)C=C1C. The summed E-state index contributed by atoms with van der Waals surface area (Å²) in [5.41, 5.74) is 3.13. The quantitative estimate of drug-likeness (QED) is 0.525. The van der Waals surface area contributed by atoms with E-state index in [1.165, 1.54) is 25.7 Å². The van der Waals surface area contributed by atoms with Crippen molar-refractivity contribution in [1.29, 1.82) is 10.5 Å². The number of unbranched alkanes of at least 4 members (excludes halogenated alkanes) is 1. The van der Waals surface area contributed by atoms with Crippen LogP contribution in [0.4, 0.5) is 0 Å². The molecule has 0 saturated carbocycles. The van der Waals surface area contributed by atoms with E-state index in [9.17, 15) is 0 Å². The molecule has 0 aromatic heterocycles. The monoisotopic (exact) mass is 283 g/mol. The first-order valence-electron chi connectivity index (χ1n) is 7.72. The molecule has 0 fully saturated rings. The van der Waals surface area contributed by atoms with Gasteiger partial charge in [0.15, 0.2) is 0 Å². The molecule has 1 atom stereocenters. The van der Waals surface area contributed by atoms with Gasteiger partial charge in [0.1, 0.15) is 17.7 Å². The lowest BCUT2D eigenvalue weighted by atomic mass is 10.0. The summed E-state index contributed by atoms with van der Waals surface area (Å²) in [5, 5.41) is 17.9. The Labute approximate surface area is 128 Å². The predicted octanol–water partition coefficient (Wildman–Crippen LogP) is 4.67. The molecule has 0 spiro atoms. The molecule has 21 heavy (non-hydrogen) atoms. The van der Waals surface area contributed by atoms with Crippen LogP contribution in [-0.4, -0.2) is 11.4 Å². The summed E-state index contributed by atoms with van der Waals surface area (Å²) in [6, 6.07) is 3.92. The standard InChI is InChI=1S/C18H25N3/c1-5-14(2)8-6-7-9-21-15(3)10-17(11-16(21)4)18(12-19)13-20/h10-11,14H,5-9H2,1-4H3/t14-/m1/s1. The zero-order chi connectivity index (χ0) is 15.8. The Hall–Kier alpha value is -2.00. The maximum absolute atomic E-state index is 8.96. The van der Waals surface area contributed by atoms with E-state index in [4.69, 9.17) is 10.5 Å². The highest BCUT2D eigenvalue weighted by Gasteiger charge is 2.15. The molecule has 0 N–H and O–H groups in total. The summed E-state index contributed by atoms with van der Waals surface area (Å²) in [7, 11) is 0. The van der Waals surface area contributed by atoms with E-state index >= 15 is 0 Å². The van der Waals surface area contributed by atoms with E-state index in [1.807, 2.05) is 38.1 Å². The number of rotatable bonds is 6. The van der Waals surface area contributed by atoms with Crippen LogP contribution in [-0.2, 0) is 0 Å². The minimum Gasteiger partial charge on any atom is -0.349 e. The maximum Gasteiger partial charge on any atom is 0.137 e. The van der Waals surface area contributed by atoms with Crippen LogP contribution >= 0.6 is 0 Å². The minimum absolute atomic E-state index is 0.185. The summed E-state index contributed by atoms with van der Waals surface area (Å²) in [5.74, 6) is 0.808. The van der Waals surface area contributed by atoms with Gasteiger partial charge in [-0.05, 0) is 38.3 Å². The van der Waals surface area contributed by atoms with E-state index in [0.29, 0.717) is 0 Å². The van der Waals surface area contributed by atoms with E-state index in [0.717, 1.165) is 29.4 Å². The van der Waals surface area contributed by atoms with Gasteiger partial charge in [-0.2, -0.15) is 10.5 Å². The van der Waals surface area contributed by atoms with E-state index in [1.54, 1.807) is 0 Å². The van der Waals surface area contributed by atoms with Gasteiger partial charge in [-0.1, -0.05) is 33.1 Å². The lowest BCUT2D eigenvalue weighted by Gasteiger charge is -2.29. The second-order valence-corrected chi connectivity index (χ2v) is 5.79. The highest BCUT2D eigenvalue weighted by atomic mass is 15.1. The van der Waals surface area contributed by atoms with Gasteiger partial charge in [0.25, 0.3) is 0 Å². The van der Waals surface area contributed by atoms with Gasteiger partial charge in [0.05, 0.1) is 0 Å². The summed E-state index contributed by atoms with van der Waals surface area (Å²) in [4.78, 5) is 2.27. The fraction of sp³-hybridized carbons (Fsp3) is 0.556. The Kier molecular flexibility index (Phi) is 6.76. The van der Waals surface area contributed by atoms with Crippen molar-refractivity contribution < 1.29 is 0 Å². The van der Waals surface area contributed by atoms with Crippen molar-refractivity contribution in [2.75, 3.05) is 6.54 Å². The van der Waals surface area contributed by atoms with Crippen molar-refractivity contribution in [3.63, 3.8) is 0 Å². The summed E-state index contributed by atoms with van der Waals surface area (Å²) >= 11 is 0. The van der Waals surface area contributed by atoms with Gasteiger partial charge in [0, 0.05) is 23.5 Å². The molecule has 112 valence electrons. The Morgan fingerprint density at radius 1 is 1.14 bits per heavy atom. The molecule has 1 aliphatic heterocycles. The number of nitrogens with zero attached hydrogens (tertiary/aromatic N) is 3. The van der Waals surface area contributed by atoms with E-state index < -0.39 is 0 Å².